The molecule has 1 unspecified atom stereocenters. The van der Waals surface area contributed by atoms with E-state index in [0.717, 1.165) is 6.42 Å². The minimum atomic E-state index is -0.291. The highest BCUT2D eigenvalue weighted by atomic mass is 35.5. The van der Waals surface area contributed by atoms with E-state index in [9.17, 15) is 4.79 Å². The lowest BCUT2D eigenvalue weighted by molar-refractivity contribution is -0.123. The second kappa shape index (κ2) is 6.69. The first-order valence-corrected chi connectivity index (χ1v) is 7.12. The van der Waals surface area contributed by atoms with Crippen molar-refractivity contribution in [2.24, 2.45) is 0 Å². The Bertz CT molecular complexity index is 485. The van der Waals surface area contributed by atoms with Crippen LogP contribution >= 0.6 is 11.6 Å². The van der Waals surface area contributed by atoms with Gasteiger partial charge in [0.15, 0.2) is 0 Å². The van der Waals surface area contributed by atoms with Crippen LogP contribution in [0.5, 0.6) is 6.01 Å². The maximum absolute atomic E-state index is 11.9. The van der Waals surface area contributed by atoms with Gasteiger partial charge in [-0.3, -0.25) is 4.79 Å². The third kappa shape index (κ3) is 3.27. The summed E-state index contributed by atoms with van der Waals surface area (Å²) in [7, 11) is 0. The number of amides is 1. The van der Waals surface area contributed by atoms with Crippen LogP contribution in [-0.4, -0.2) is 46.6 Å². The average molecular weight is 300 g/mol. The second-order valence-electron chi connectivity index (χ2n) is 4.44. The number of rotatable bonds is 5. The van der Waals surface area contributed by atoms with Gasteiger partial charge in [-0.1, -0.05) is 13.8 Å². The summed E-state index contributed by atoms with van der Waals surface area (Å²) in [5.74, 6) is 0.365. The monoisotopic (exact) mass is 299 g/mol. The van der Waals surface area contributed by atoms with Crippen molar-refractivity contribution in [1.82, 2.24) is 20.3 Å². The Morgan fingerprint density at radius 2 is 2.20 bits per heavy atom. The van der Waals surface area contributed by atoms with Crippen LogP contribution in [0.2, 0.25) is 5.28 Å². The van der Waals surface area contributed by atoms with Crippen molar-refractivity contribution in [2.75, 3.05) is 24.6 Å². The lowest BCUT2D eigenvalue weighted by Crippen LogP contribution is -2.55. The van der Waals surface area contributed by atoms with Crippen molar-refractivity contribution in [1.29, 1.82) is 0 Å². The van der Waals surface area contributed by atoms with E-state index in [1.807, 2.05) is 18.7 Å². The molecule has 0 aliphatic carbocycles. The van der Waals surface area contributed by atoms with E-state index in [2.05, 4.69) is 20.3 Å². The molecule has 2 heterocycles. The molecule has 0 spiro atoms. The summed E-state index contributed by atoms with van der Waals surface area (Å²) in [6, 6.07) is -0.0936. The van der Waals surface area contributed by atoms with Crippen LogP contribution in [-0.2, 0) is 4.79 Å². The zero-order chi connectivity index (χ0) is 14.5. The van der Waals surface area contributed by atoms with E-state index in [0.29, 0.717) is 32.1 Å². The molecule has 1 amide bonds. The smallest absolute Gasteiger partial charge is 0.322 e. The Morgan fingerprint density at radius 1 is 1.40 bits per heavy atom. The summed E-state index contributed by atoms with van der Waals surface area (Å²) in [4.78, 5) is 26.0. The highest BCUT2D eigenvalue weighted by molar-refractivity contribution is 6.28. The van der Waals surface area contributed by atoms with Gasteiger partial charge in [0, 0.05) is 13.1 Å². The zero-order valence-electron chi connectivity index (χ0n) is 11.6. The number of piperazine rings is 1. The number of hydrogen-bond acceptors (Lipinski definition) is 6. The Labute approximate surface area is 122 Å². The van der Waals surface area contributed by atoms with E-state index >= 15 is 0 Å². The maximum Gasteiger partial charge on any atom is 0.322 e. The topological polar surface area (TPSA) is 80.2 Å². The fourth-order valence-corrected chi connectivity index (χ4v) is 2.22. The van der Waals surface area contributed by atoms with Crippen LogP contribution in [0.25, 0.3) is 0 Å². The number of anilines is 1. The Morgan fingerprint density at radius 3 is 2.90 bits per heavy atom. The first kappa shape index (κ1) is 14.8. The molecule has 1 aromatic heterocycles. The fourth-order valence-electron chi connectivity index (χ4n) is 2.07. The van der Waals surface area contributed by atoms with Gasteiger partial charge in [-0.25, -0.2) is 0 Å². The lowest BCUT2D eigenvalue weighted by Gasteiger charge is -2.34. The van der Waals surface area contributed by atoms with Gasteiger partial charge in [0.25, 0.3) is 0 Å². The molecule has 1 atom stereocenters. The molecule has 1 aromatic rings. The quantitative estimate of drug-likeness (QED) is 0.874. The Kier molecular flexibility index (Phi) is 4.94. The van der Waals surface area contributed by atoms with Gasteiger partial charge < -0.3 is 15.0 Å². The first-order chi connectivity index (χ1) is 9.65. The van der Waals surface area contributed by atoms with E-state index in [-0.39, 0.29) is 23.2 Å². The van der Waals surface area contributed by atoms with E-state index < -0.39 is 0 Å². The summed E-state index contributed by atoms with van der Waals surface area (Å²) in [6.45, 7) is 5.64. The molecule has 1 aliphatic rings. The van der Waals surface area contributed by atoms with Crippen molar-refractivity contribution >= 4 is 23.5 Å². The van der Waals surface area contributed by atoms with Gasteiger partial charge in [0.05, 0.1) is 6.61 Å². The predicted molar refractivity (Wildman–Crippen MR) is 75.1 cm³/mol. The van der Waals surface area contributed by atoms with Gasteiger partial charge >= 0.3 is 6.01 Å². The van der Waals surface area contributed by atoms with Crippen LogP contribution in [0.15, 0.2) is 0 Å². The molecule has 0 bridgehead atoms. The van der Waals surface area contributed by atoms with Gasteiger partial charge in [-0.15, -0.1) is 0 Å². The summed E-state index contributed by atoms with van der Waals surface area (Å²) >= 11 is 5.91. The molecule has 8 heteroatoms. The van der Waals surface area contributed by atoms with E-state index in [4.69, 9.17) is 16.3 Å². The molecule has 20 heavy (non-hydrogen) atoms. The molecule has 1 saturated heterocycles. The van der Waals surface area contributed by atoms with Crippen LogP contribution in [0.3, 0.4) is 0 Å². The Hall–Kier alpha value is -1.63. The number of aromatic nitrogens is 3. The minimum Gasteiger partial charge on any atom is -0.463 e. The normalized spacial score (nSPS) is 18.9. The largest absolute Gasteiger partial charge is 0.463 e. The number of carbonyl (C=O) groups excluding carboxylic acids is 1. The summed E-state index contributed by atoms with van der Waals surface area (Å²) in [5.41, 5.74) is 0. The van der Waals surface area contributed by atoms with Crippen molar-refractivity contribution in [3.8, 4) is 6.01 Å². The van der Waals surface area contributed by atoms with Crippen molar-refractivity contribution in [2.45, 2.75) is 32.7 Å². The van der Waals surface area contributed by atoms with Gasteiger partial charge in [-0.2, -0.15) is 15.0 Å². The van der Waals surface area contributed by atoms with Gasteiger partial charge in [0.2, 0.25) is 17.1 Å². The minimum absolute atomic E-state index is 0.0219. The third-order valence-corrected chi connectivity index (χ3v) is 3.15. The number of carbonyl (C=O) groups is 1. The van der Waals surface area contributed by atoms with E-state index in [1.165, 1.54) is 0 Å². The van der Waals surface area contributed by atoms with Crippen LogP contribution in [0.4, 0.5) is 5.95 Å². The highest BCUT2D eigenvalue weighted by Gasteiger charge is 2.30. The molecule has 1 aliphatic heterocycles. The molecule has 2 rings (SSSR count). The van der Waals surface area contributed by atoms with Crippen LogP contribution in [0, 0.1) is 0 Å². The SMILES string of the molecule is CCCOc1nc(Cl)nc(N2CCNC(=O)C2CC)n1. The molecule has 1 N–H and O–H groups in total. The molecule has 110 valence electrons. The number of hydrogen-bond donors (Lipinski definition) is 1. The average Bonchev–Trinajstić information content (AvgIpc) is 2.44. The number of nitrogens with one attached hydrogen (secondary N) is 1. The molecular formula is C12H18ClN5O2. The number of halogens is 1. The van der Waals surface area contributed by atoms with Crippen molar-refractivity contribution < 1.29 is 9.53 Å². The van der Waals surface area contributed by atoms with E-state index in [1.54, 1.807) is 0 Å². The van der Waals surface area contributed by atoms with Crippen LogP contribution in [0.1, 0.15) is 26.7 Å². The second-order valence-corrected chi connectivity index (χ2v) is 4.78. The van der Waals surface area contributed by atoms with Crippen LogP contribution < -0.4 is 15.0 Å². The molecule has 0 saturated carbocycles. The molecule has 7 nitrogen and oxygen atoms in total. The summed E-state index contributed by atoms with van der Waals surface area (Å²) < 4.78 is 5.39. The maximum atomic E-state index is 11.9. The lowest BCUT2D eigenvalue weighted by atomic mass is 10.1. The Balaban J connectivity index is 2.25. The van der Waals surface area contributed by atoms with Gasteiger partial charge in [-0.05, 0) is 24.4 Å². The van der Waals surface area contributed by atoms with Gasteiger partial charge in [0.1, 0.15) is 6.04 Å². The molecule has 0 radical (unpaired) electrons. The summed E-state index contributed by atoms with van der Waals surface area (Å²) in [5, 5.41) is 2.90. The van der Waals surface area contributed by atoms with Crippen molar-refractivity contribution in [3.05, 3.63) is 5.28 Å². The first-order valence-electron chi connectivity index (χ1n) is 6.74. The summed E-state index contributed by atoms with van der Waals surface area (Å²) in [6.07, 6.45) is 1.52. The molecule has 1 fully saturated rings. The number of ether oxygens (including phenoxy) is 1. The highest BCUT2D eigenvalue weighted by Crippen LogP contribution is 2.20. The third-order valence-electron chi connectivity index (χ3n) is 2.99. The standard InChI is InChI=1S/C12H18ClN5O2/c1-3-7-20-12-16-10(13)15-11(17-12)18-6-5-14-9(19)8(18)4-2/h8H,3-7H2,1-2H3,(H,14,19). The predicted octanol–water partition coefficient (Wildman–Crippen LogP) is 1.03. The molecule has 0 aromatic carbocycles. The van der Waals surface area contributed by atoms with Crippen molar-refractivity contribution in [3.63, 3.8) is 0 Å². The fraction of sp³-hybridized carbons (Fsp3) is 0.667. The number of nitrogens with zero attached hydrogens (tertiary/aromatic N) is 4. The molecular weight excluding hydrogens is 282 g/mol. The zero-order valence-corrected chi connectivity index (χ0v) is 12.4.